The van der Waals surface area contributed by atoms with Gasteiger partial charge in [0.15, 0.2) is 6.61 Å². The molecule has 9 heteroatoms. The van der Waals surface area contributed by atoms with Crippen molar-refractivity contribution in [2.45, 2.75) is 24.8 Å². The highest BCUT2D eigenvalue weighted by molar-refractivity contribution is 7.92. The van der Waals surface area contributed by atoms with Crippen LogP contribution in [0.5, 0.6) is 11.5 Å². The van der Waals surface area contributed by atoms with Crippen molar-refractivity contribution in [1.82, 2.24) is 5.32 Å². The Bertz CT molecular complexity index is 898. The highest BCUT2D eigenvalue weighted by Gasteiger charge is 2.15. The van der Waals surface area contributed by atoms with E-state index in [-0.39, 0.29) is 23.5 Å². The van der Waals surface area contributed by atoms with E-state index in [0.717, 1.165) is 0 Å². The van der Waals surface area contributed by atoms with Gasteiger partial charge in [-0.25, -0.2) is 8.42 Å². The third-order valence-electron chi connectivity index (χ3n) is 3.36. The maximum atomic E-state index is 12.5. The van der Waals surface area contributed by atoms with Crippen molar-refractivity contribution in [3.63, 3.8) is 0 Å². The molecule has 0 spiro atoms. The fraction of sp³-hybridized carbons (Fsp3) is 0.278. The Morgan fingerprint density at radius 2 is 1.81 bits per heavy atom. The topological polar surface area (TPSA) is 93.7 Å². The zero-order valence-electron chi connectivity index (χ0n) is 15.2. The first-order valence-corrected chi connectivity index (χ1v) is 9.96. The number of hydrogen-bond donors (Lipinski definition) is 2. The number of benzene rings is 2. The molecule has 2 rings (SSSR count). The number of hydrogen-bond acceptors (Lipinski definition) is 5. The first kappa shape index (κ1) is 20.9. The number of carbonyl (C=O) groups excluding carboxylic acids is 1. The Balaban J connectivity index is 2.04. The Kier molecular flexibility index (Phi) is 6.92. The van der Waals surface area contributed by atoms with Crippen molar-refractivity contribution in [1.29, 1.82) is 0 Å². The lowest BCUT2D eigenvalue weighted by atomic mass is 10.3. The molecule has 2 aromatic carbocycles. The maximum Gasteiger partial charge on any atom is 0.261 e. The van der Waals surface area contributed by atoms with Crippen LogP contribution in [-0.4, -0.2) is 34.1 Å². The number of carbonyl (C=O) groups is 1. The lowest BCUT2D eigenvalue weighted by Gasteiger charge is -2.11. The molecule has 0 bridgehead atoms. The molecule has 0 aliphatic carbocycles. The molecule has 7 nitrogen and oxygen atoms in total. The van der Waals surface area contributed by atoms with E-state index in [1.807, 2.05) is 13.8 Å². The van der Waals surface area contributed by atoms with Gasteiger partial charge in [-0.15, -0.1) is 0 Å². The van der Waals surface area contributed by atoms with Crippen LogP contribution in [0.15, 0.2) is 47.4 Å². The van der Waals surface area contributed by atoms with E-state index in [4.69, 9.17) is 21.1 Å². The minimum Gasteiger partial charge on any atom is -0.495 e. The first-order chi connectivity index (χ1) is 12.7. The predicted molar refractivity (Wildman–Crippen MR) is 104 cm³/mol. The van der Waals surface area contributed by atoms with Crippen molar-refractivity contribution in [2.24, 2.45) is 0 Å². The predicted octanol–water partition coefficient (Wildman–Crippen LogP) is 3.05. The average molecular weight is 413 g/mol. The molecular formula is C18H21ClN2O5S. The number of halogens is 1. The Morgan fingerprint density at radius 1 is 1.15 bits per heavy atom. The SMILES string of the molecule is COc1ccc(NS(=O)(=O)c2ccc(OCC(=O)NC(C)C)cc2)cc1Cl. The van der Waals surface area contributed by atoms with Crippen molar-refractivity contribution in [3.05, 3.63) is 47.5 Å². The van der Waals surface area contributed by atoms with Crippen LogP contribution in [0.2, 0.25) is 5.02 Å². The molecule has 0 aliphatic heterocycles. The molecule has 2 aromatic rings. The summed E-state index contributed by atoms with van der Waals surface area (Å²) in [6.07, 6.45) is 0. The van der Waals surface area contributed by atoms with Gasteiger partial charge < -0.3 is 14.8 Å². The molecule has 2 N–H and O–H groups in total. The summed E-state index contributed by atoms with van der Waals surface area (Å²) in [4.78, 5) is 11.6. The lowest BCUT2D eigenvalue weighted by molar-refractivity contribution is -0.123. The van der Waals surface area contributed by atoms with Gasteiger partial charge in [-0.3, -0.25) is 9.52 Å². The van der Waals surface area contributed by atoms with Crippen molar-refractivity contribution < 1.29 is 22.7 Å². The van der Waals surface area contributed by atoms with Crippen LogP contribution in [0.1, 0.15) is 13.8 Å². The highest BCUT2D eigenvalue weighted by Crippen LogP contribution is 2.28. The molecule has 0 radical (unpaired) electrons. The van der Waals surface area contributed by atoms with Crippen LogP contribution < -0.4 is 19.5 Å². The molecule has 0 heterocycles. The van der Waals surface area contributed by atoms with E-state index in [0.29, 0.717) is 22.2 Å². The zero-order chi connectivity index (χ0) is 20.0. The van der Waals surface area contributed by atoms with E-state index in [1.165, 1.54) is 37.4 Å². The van der Waals surface area contributed by atoms with Gasteiger partial charge in [0.25, 0.3) is 15.9 Å². The maximum absolute atomic E-state index is 12.5. The standard InChI is InChI=1S/C18H21ClN2O5S/c1-12(2)20-18(22)11-26-14-5-7-15(8-6-14)27(23,24)21-13-4-9-17(25-3)16(19)10-13/h4-10,12,21H,11H2,1-3H3,(H,20,22). The second-order valence-corrected chi connectivity index (χ2v) is 8.03. The number of amides is 1. The Hall–Kier alpha value is -2.45. The molecule has 146 valence electrons. The molecule has 0 aliphatic rings. The zero-order valence-corrected chi connectivity index (χ0v) is 16.7. The van der Waals surface area contributed by atoms with Crippen LogP contribution in [0.3, 0.4) is 0 Å². The highest BCUT2D eigenvalue weighted by atomic mass is 35.5. The van der Waals surface area contributed by atoms with Gasteiger partial charge in [-0.05, 0) is 56.3 Å². The molecule has 0 fully saturated rings. The second kappa shape index (κ2) is 8.96. The second-order valence-electron chi connectivity index (χ2n) is 5.94. The van der Waals surface area contributed by atoms with Gasteiger partial charge in [0.05, 0.1) is 22.7 Å². The molecule has 27 heavy (non-hydrogen) atoms. The molecule has 0 aromatic heterocycles. The van der Waals surface area contributed by atoms with Crippen molar-refractivity contribution in [3.8, 4) is 11.5 Å². The normalized spacial score (nSPS) is 11.1. The first-order valence-electron chi connectivity index (χ1n) is 8.10. The quantitative estimate of drug-likeness (QED) is 0.695. The number of ether oxygens (including phenoxy) is 2. The van der Waals surface area contributed by atoms with Gasteiger partial charge in [0, 0.05) is 6.04 Å². The van der Waals surface area contributed by atoms with Crippen LogP contribution >= 0.6 is 11.6 Å². The lowest BCUT2D eigenvalue weighted by Crippen LogP contribution is -2.34. The molecule has 1 amide bonds. The summed E-state index contributed by atoms with van der Waals surface area (Å²) in [5.41, 5.74) is 0.312. The summed E-state index contributed by atoms with van der Waals surface area (Å²) in [6, 6.07) is 10.4. The number of methoxy groups -OCH3 is 1. The summed E-state index contributed by atoms with van der Waals surface area (Å²) in [7, 11) is -2.32. The Labute approximate surface area is 163 Å². The molecule has 0 saturated carbocycles. The minimum atomic E-state index is -3.80. The third kappa shape index (κ3) is 6.04. The van der Waals surface area contributed by atoms with E-state index in [1.54, 1.807) is 12.1 Å². The molecule has 0 saturated heterocycles. The monoisotopic (exact) mass is 412 g/mol. The molecular weight excluding hydrogens is 392 g/mol. The minimum absolute atomic E-state index is 0.0196. The van der Waals surface area contributed by atoms with Crippen LogP contribution in [-0.2, 0) is 14.8 Å². The summed E-state index contributed by atoms with van der Waals surface area (Å²) in [6.45, 7) is 3.55. The summed E-state index contributed by atoms with van der Waals surface area (Å²) in [5.74, 6) is 0.586. The largest absolute Gasteiger partial charge is 0.495 e. The number of nitrogens with one attached hydrogen (secondary N) is 2. The summed E-state index contributed by atoms with van der Waals surface area (Å²) in [5, 5.41) is 2.99. The van der Waals surface area contributed by atoms with E-state index < -0.39 is 10.0 Å². The van der Waals surface area contributed by atoms with E-state index in [9.17, 15) is 13.2 Å². The van der Waals surface area contributed by atoms with Gasteiger partial charge in [0.2, 0.25) is 0 Å². The van der Waals surface area contributed by atoms with Crippen LogP contribution in [0, 0.1) is 0 Å². The third-order valence-corrected chi connectivity index (χ3v) is 5.05. The smallest absolute Gasteiger partial charge is 0.261 e. The molecule has 0 atom stereocenters. The van der Waals surface area contributed by atoms with Crippen molar-refractivity contribution >= 4 is 33.2 Å². The fourth-order valence-electron chi connectivity index (χ4n) is 2.17. The fourth-order valence-corrected chi connectivity index (χ4v) is 3.48. The molecule has 0 unspecified atom stereocenters. The van der Waals surface area contributed by atoms with Crippen LogP contribution in [0.4, 0.5) is 5.69 Å². The average Bonchev–Trinajstić information content (AvgIpc) is 2.59. The van der Waals surface area contributed by atoms with Gasteiger partial charge in [-0.2, -0.15) is 0 Å². The van der Waals surface area contributed by atoms with Gasteiger partial charge in [0.1, 0.15) is 11.5 Å². The van der Waals surface area contributed by atoms with E-state index in [2.05, 4.69) is 10.0 Å². The van der Waals surface area contributed by atoms with E-state index >= 15 is 0 Å². The van der Waals surface area contributed by atoms with Crippen LogP contribution in [0.25, 0.3) is 0 Å². The Morgan fingerprint density at radius 3 is 2.37 bits per heavy atom. The van der Waals surface area contributed by atoms with Gasteiger partial charge >= 0.3 is 0 Å². The summed E-state index contributed by atoms with van der Waals surface area (Å²) < 4.78 is 37.8. The summed E-state index contributed by atoms with van der Waals surface area (Å²) >= 11 is 6.01. The van der Waals surface area contributed by atoms with Crippen molar-refractivity contribution in [2.75, 3.05) is 18.4 Å². The number of rotatable bonds is 8. The number of sulfonamides is 1. The number of anilines is 1. The van der Waals surface area contributed by atoms with Gasteiger partial charge in [-0.1, -0.05) is 11.6 Å².